The van der Waals surface area contributed by atoms with Crippen LogP contribution in [0.3, 0.4) is 0 Å². The lowest BCUT2D eigenvalue weighted by Gasteiger charge is -2.24. The maximum atomic E-state index is 12.4. The Morgan fingerprint density at radius 1 is 0.722 bits per heavy atom. The quantitative estimate of drug-likeness (QED) is 0.0930. The number of carboxylic acid groups (broad SMARTS) is 1. The summed E-state index contributed by atoms with van der Waals surface area (Å²) in [6, 6.07) is 0. The van der Waals surface area contributed by atoms with E-state index < -0.39 is 12.1 Å². The van der Waals surface area contributed by atoms with Crippen molar-refractivity contribution in [2.75, 3.05) is 19.7 Å². The van der Waals surface area contributed by atoms with Crippen molar-refractivity contribution < 1.29 is 24.2 Å². The molecule has 0 spiro atoms. The third-order valence-electron chi connectivity index (χ3n) is 7.19. The summed E-state index contributed by atoms with van der Waals surface area (Å²) >= 11 is 0. The minimum Gasteiger partial charge on any atom is -0.481 e. The van der Waals surface area contributed by atoms with Crippen molar-refractivity contribution in [2.45, 2.75) is 143 Å². The number of carbonyl (C=O) groups excluding carboxylic acids is 2. The maximum absolute atomic E-state index is 12.4. The van der Waals surface area contributed by atoms with Crippen molar-refractivity contribution in [2.24, 2.45) is 11.8 Å². The monoisotopic (exact) mass is 511 g/mol. The average Bonchev–Trinajstić information content (AvgIpc) is 2.87. The van der Waals surface area contributed by atoms with E-state index in [1.165, 1.54) is 70.6 Å². The molecule has 0 bridgehead atoms. The first-order chi connectivity index (χ1) is 17.5. The van der Waals surface area contributed by atoms with Crippen LogP contribution in [0.4, 0.5) is 4.79 Å². The second-order valence-electron chi connectivity index (χ2n) is 10.5. The van der Waals surface area contributed by atoms with E-state index in [0.29, 0.717) is 38.1 Å². The van der Waals surface area contributed by atoms with Gasteiger partial charge in [-0.15, -0.1) is 0 Å². The molecule has 36 heavy (non-hydrogen) atoms. The second-order valence-corrected chi connectivity index (χ2v) is 10.5. The summed E-state index contributed by atoms with van der Waals surface area (Å²) in [6.07, 6.45) is 20.9. The van der Waals surface area contributed by atoms with Crippen LogP contribution in [0.25, 0.3) is 0 Å². The molecule has 1 amide bonds. The molecule has 0 rings (SSSR count). The molecule has 0 aliphatic rings. The number of nitrogens with zero attached hydrogens (tertiary/aromatic N) is 1. The summed E-state index contributed by atoms with van der Waals surface area (Å²) in [6.45, 7) is 7.46. The fourth-order valence-corrected chi connectivity index (χ4v) is 4.95. The molecule has 0 aliphatic carbocycles. The number of aldehydes is 1. The molecule has 0 saturated heterocycles. The molecular formula is C30H57NO5. The van der Waals surface area contributed by atoms with Crippen molar-refractivity contribution in [3.05, 3.63) is 0 Å². The van der Waals surface area contributed by atoms with E-state index in [1.807, 2.05) is 0 Å². The van der Waals surface area contributed by atoms with E-state index in [9.17, 15) is 19.5 Å². The van der Waals surface area contributed by atoms with Crippen LogP contribution < -0.4 is 0 Å². The highest BCUT2D eigenvalue weighted by Crippen LogP contribution is 2.27. The van der Waals surface area contributed by atoms with Gasteiger partial charge >= 0.3 is 12.1 Å². The summed E-state index contributed by atoms with van der Waals surface area (Å²) in [5.41, 5.74) is 0. The number of carboxylic acids is 1. The van der Waals surface area contributed by atoms with Gasteiger partial charge in [-0.05, 0) is 31.6 Å². The number of unbranched alkanes of at least 4 members (excludes halogenated alkanes) is 11. The zero-order valence-electron chi connectivity index (χ0n) is 23.8. The van der Waals surface area contributed by atoms with Gasteiger partial charge in [0.1, 0.15) is 6.61 Å². The third-order valence-corrected chi connectivity index (χ3v) is 7.19. The van der Waals surface area contributed by atoms with Crippen LogP contribution in [0, 0.1) is 11.8 Å². The molecule has 0 fully saturated rings. The van der Waals surface area contributed by atoms with Crippen molar-refractivity contribution in [1.29, 1.82) is 0 Å². The summed E-state index contributed by atoms with van der Waals surface area (Å²) in [5, 5.41) is 9.93. The van der Waals surface area contributed by atoms with E-state index in [2.05, 4.69) is 20.8 Å². The predicted molar refractivity (Wildman–Crippen MR) is 148 cm³/mol. The highest BCUT2D eigenvalue weighted by molar-refractivity contribution is 5.70. The molecule has 1 unspecified atom stereocenters. The predicted octanol–water partition coefficient (Wildman–Crippen LogP) is 8.41. The third kappa shape index (κ3) is 19.6. The fraction of sp³-hybridized carbons (Fsp3) is 0.900. The Kier molecular flexibility index (Phi) is 24.0. The topological polar surface area (TPSA) is 83.9 Å². The SMILES string of the molecule is CCCCCCCCN(CCCC(CC(CCCCCC)CCCCCC)C(=O)O)C(=O)OCC=O. The molecule has 0 saturated carbocycles. The lowest BCUT2D eigenvalue weighted by Crippen LogP contribution is -2.34. The fourth-order valence-electron chi connectivity index (χ4n) is 4.95. The molecule has 0 radical (unpaired) electrons. The number of carbonyl (C=O) groups is 3. The Labute approximate surface area is 221 Å². The number of hydrogen-bond acceptors (Lipinski definition) is 4. The minimum absolute atomic E-state index is 0.235. The van der Waals surface area contributed by atoms with Crippen molar-refractivity contribution >= 4 is 18.3 Å². The zero-order chi connectivity index (χ0) is 26.9. The summed E-state index contributed by atoms with van der Waals surface area (Å²) in [4.78, 5) is 36.8. The number of ether oxygens (including phenoxy) is 1. The van der Waals surface area contributed by atoms with Gasteiger partial charge in [-0.3, -0.25) is 9.59 Å². The summed E-state index contributed by atoms with van der Waals surface area (Å²) in [5.74, 6) is -0.612. The number of amides is 1. The van der Waals surface area contributed by atoms with E-state index in [-0.39, 0.29) is 12.5 Å². The Hall–Kier alpha value is -1.59. The van der Waals surface area contributed by atoms with Gasteiger partial charge in [-0.2, -0.15) is 0 Å². The second kappa shape index (κ2) is 25.1. The Morgan fingerprint density at radius 3 is 1.75 bits per heavy atom. The molecular weight excluding hydrogens is 454 g/mol. The molecule has 6 heteroatoms. The lowest BCUT2D eigenvalue weighted by molar-refractivity contribution is -0.142. The van der Waals surface area contributed by atoms with Gasteiger partial charge in [-0.25, -0.2) is 4.79 Å². The van der Waals surface area contributed by atoms with Crippen molar-refractivity contribution in [1.82, 2.24) is 4.90 Å². The normalized spacial score (nSPS) is 12.0. The van der Waals surface area contributed by atoms with Crippen LogP contribution in [-0.2, 0) is 14.3 Å². The first-order valence-electron chi connectivity index (χ1n) is 15.1. The van der Waals surface area contributed by atoms with Crippen LogP contribution in [-0.4, -0.2) is 48.1 Å². The van der Waals surface area contributed by atoms with Crippen LogP contribution in [0.1, 0.15) is 143 Å². The lowest BCUT2D eigenvalue weighted by atomic mass is 9.84. The molecule has 0 aliphatic heterocycles. The Morgan fingerprint density at radius 2 is 1.22 bits per heavy atom. The number of rotatable bonds is 26. The Bertz CT molecular complexity index is 527. The van der Waals surface area contributed by atoms with Crippen molar-refractivity contribution in [3.63, 3.8) is 0 Å². The molecule has 1 atom stereocenters. The van der Waals surface area contributed by atoms with Gasteiger partial charge in [0.05, 0.1) is 5.92 Å². The molecule has 0 aromatic heterocycles. The molecule has 212 valence electrons. The summed E-state index contributed by atoms with van der Waals surface area (Å²) in [7, 11) is 0. The van der Waals surface area contributed by atoms with Gasteiger partial charge in [0.2, 0.25) is 0 Å². The highest BCUT2D eigenvalue weighted by Gasteiger charge is 2.23. The summed E-state index contributed by atoms with van der Waals surface area (Å²) < 4.78 is 5.05. The average molecular weight is 512 g/mol. The highest BCUT2D eigenvalue weighted by atomic mass is 16.6. The molecule has 0 heterocycles. The zero-order valence-corrected chi connectivity index (χ0v) is 23.8. The standard InChI is InChI=1S/C30H57NO5/c1-4-7-10-13-14-17-22-31(30(35)36-25-24-32)23-18-21-28(29(33)34)26-27(19-15-11-8-5-2)20-16-12-9-6-3/h24,27-28H,4-23,25-26H2,1-3H3,(H,33,34). The molecule has 0 aromatic rings. The largest absolute Gasteiger partial charge is 0.481 e. The van der Waals surface area contributed by atoms with E-state index in [1.54, 1.807) is 4.90 Å². The van der Waals surface area contributed by atoms with Crippen LogP contribution in [0.15, 0.2) is 0 Å². The van der Waals surface area contributed by atoms with Crippen molar-refractivity contribution in [3.8, 4) is 0 Å². The van der Waals surface area contributed by atoms with Gasteiger partial charge in [0.25, 0.3) is 0 Å². The van der Waals surface area contributed by atoms with E-state index in [4.69, 9.17) is 4.74 Å². The number of aliphatic carboxylic acids is 1. The molecule has 1 N–H and O–H groups in total. The minimum atomic E-state index is -0.715. The number of hydrogen-bond donors (Lipinski definition) is 1. The first kappa shape index (κ1) is 34.4. The molecule has 6 nitrogen and oxygen atoms in total. The van der Waals surface area contributed by atoms with Crippen LogP contribution in [0.2, 0.25) is 0 Å². The van der Waals surface area contributed by atoms with Gasteiger partial charge < -0.3 is 14.7 Å². The van der Waals surface area contributed by atoms with Gasteiger partial charge in [0, 0.05) is 13.1 Å². The van der Waals surface area contributed by atoms with E-state index >= 15 is 0 Å². The van der Waals surface area contributed by atoms with Gasteiger partial charge in [0.15, 0.2) is 6.29 Å². The van der Waals surface area contributed by atoms with Crippen LogP contribution in [0.5, 0.6) is 0 Å². The van der Waals surface area contributed by atoms with Gasteiger partial charge in [-0.1, -0.05) is 117 Å². The molecule has 0 aromatic carbocycles. The van der Waals surface area contributed by atoms with Crippen LogP contribution >= 0.6 is 0 Å². The maximum Gasteiger partial charge on any atom is 0.410 e. The smallest absolute Gasteiger partial charge is 0.410 e. The Balaban J connectivity index is 4.81. The van der Waals surface area contributed by atoms with E-state index in [0.717, 1.165) is 38.5 Å². The first-order valence-corrected chi connectivity index (χ1v) is 15.1.